The third-order valence-corrected chi connectivity index (χ3v) is 2.99. The van der Waals surface area contributed by atoms with Crippen LogP contribution in [0.1, 0.15) is 5.56 Å². The molecule has 0 radical (unpaired) electrons. The Morgan fingerprint density at radius 1 is 1.47 bits per heavy atom. The zero-order valence-electron chi connectivity index (χ0n) is 9.00. The summed E-state index contributed by atoms with van der Waals surface area (Å²) in [4.78, 5) is 14.2. The van der Waals surface area contributed by atoms with Crippen molar-refractivity contribution < 1.29 is 4.92 Å². The zero-order chi connectivity index (χ0) is 12.1. The van der Waals surface area contributed by atoms with Crippen molar-refractivity contribution in [1.29, 1.82) is 0 Å². The van der Waals surface area contributed by atoms with Crippen molar-refractivity contribution in [2.45, 2.75) is 6.42 Å². The average molecular weight is 249 g/mol. The summed E-state index contributed by atoms with van der Waals surface area (Å²) in [5.74, 6) is 0.537. The predicted molar refractivity (Wildman–Crippen MR) is 67.4 cm³/mol. The Morgan fingerprint density at radius 3 is 3.06 bits per heavy atom. The average Bonchev–Trinajstić information content (AvgIpc) is 2.82. The number of pyridine rings is 1. The molecular formula is C11H11N3O2S. The lowest BCUT2D eigenvalue weighted by Gasteiger charge is -2.03. The maximum Gasteiger partial charge on any atom is 0.274 e. The summed E-state index contributed by atoms with van der Waals surface area (Å²) in [5.41, 5.74) is 1.31. The highest BCUT2D eigenvalue weighted by molar-refractivity contribution is 7.07. The molecule has 0 unspecified atom stereocenters. The molecule has 0 atom stereocenters. The lowest BCUT2D eigenvalue weighted by molar-refractivity contribution is -0.384. The molecule has 0 bridgehead atoms. The Labute approximate surface area is 102 Å². The molecular weight excluding hydrogens is 238 g/mol. The van der Waals surface area contributed by atoms with Gasteiger partial charge in [-0.1, -0.05) is 0 Å². The first-order valence-corrected chi connectivity index (χ1v) is 6.05. The van der Waals surface area contributed by atoms with Gasteiger partial charge in [0.25, 0.3) is 5.69 Å². The van der Waals surface area contributed by atoms with Gasteiger partial charge in [0, 0.05) is 18.8 Å². The van der Waals surface area contributed by atoms with E-state index in [-0.39, 0.29) is 5.69 Å². The summed E-state index contributed by atoms with van der Waals surface area (Å²) in [6, 6.07) is 4.88. The van der Waals surface area contributed by atoms with Gasteiger partial charge in [0.1, 0.15) is 5.82 Å². The Balaban J connectivity index is 1.90. The monoisotopic (exact) mass is 249 g/mol. The first-order chi connectivity index (χ1) is 8.25. The fourth-order valence-corrected chi connectivity index (χ4v) is 2.10. The van der Waals surface area contributed by atoms with Crippen molar-refractivity contribution in [3.8, 4) is 0 Å². The zero-order valence-corrected chi connectivity index (χ0v) is 9.81. The van der Waals surface area contributed by atoms with Gasteiger partial charge in [0.15, 0.2) is 0 Å². The van der Waals surface area contributed by atoms with Gasteiger partial charge < -0.3 is 5.32 Å². The normalized spacial score (nSPS) is 10.1. The largest absolute Gasteiger partial charge is 0.370 e. The number of nitrogens with one attached hydrogen (secondary N) is 1. The van der Waals surface area contributed by atoms with Gasteiger partial charge in [-0.2, -0.15) is 11.3 Å². The smallest absolute Gasteiger partial charge is 0.274 e. The first kappa shape index (κ1) is 11.5. The van der Waals surface area contributed by atoms with Crippen LogP contribution < -0.4 is 5.32 Å². The lowest BCUT2D eigenvalue weighted by Crippen LogP contribution is -2.05. The molecule has 0 fully saturated rings. The van der Waals surface area contributed by atoms with E-state index in [4.69, 9.17) is 0 Å². The van der Waals surface area contributed by atoms with E-state index < -0.39 is 4.92 Å². The number of rotatable bonds is 5. The molecule has 2 rings (SSSR count). The molecule has 0 aliphatic carbocycles. The van der Waals surface area contributed by atoms with Crippen molar-refractivity contribution in [2.24, 2.45) is 0 Å². The fraction of sp³-hybridized carbons (Fsp3) is 0.182. The summed E-state index contributed by atoms with van der Waals surface area (Å²) < 4.78 is 0. The van der Waals surface area contributed by atoms with Crippen LogP contribution in [0.4, 0.5) is 11.5 Å². The van der Waals surface area contributed by atoms with Crippen LogP contribution >= 0.6 is 11.3 Å². The molecule has 1 N–H and O–H groups in total. The van der Waals surface area contributed by atoms with Crippen LogP contribution in [0.25, 0.3) is 0 Å². The van der Waals surface area contributed by atoms with Crippen molar-refractivity contribution in [2.75, 3.05) is 11.9 Å². The Morgan fingerprint density at radius 2 is 2.35 bits per heavy atom. The number of hydrogen-bond donors (Lipinski definition) is 1. The number of thiophene rings is 1. The van der Waals surface area contributed by atoms with Crippen LogP contribution in [-0.4, -0.2) is 16.5 Å². The highest BCUT2D eigenvalue weighted by Crippen LogP contribution is 2.14. The van der Waals surface area contributed by atoms with E-state index in [2.05, 4.69) is 21.7 Å². The predicted octanol–water partition coefficient (Wildman–Crippen LogP) is 2.71. The maximum absolute atomic E-state index is 10.6. The minimum Gasteiger partial charge on any atom is -0.370 e. The van der Waals surface area contributed by atoms with Crippen molar-refractivity contribution >= 4 is 22.8 Å². The van der Waals surface area contributed by atoms with Crippen molar-refractivity contribution in [3.05, 3.63) is 50.8 Å². The van der Waals surface area contributed by atoms with E-state index in [1.807, 2.05) is 5.38 Å². The van der Waals surface area contributed by atoms with E-state index in [1.165, 1.54) is 23.9 Å². The molecule has 6 heteroatoms. The van der Waals surface area contributed by atoms with E-state index >= 15 is 0 Å². The number of anilines is 1. The minimum atomic E-state index is -0.425. The third-order valence-electron chi connectivity index (χ3n) is 2.25. The Hall–Kier alpha value is -1.95. The van der Waals surface area contributed by atoms with Gasteiger partial charge in [-0.25, -0.2) is 4.98 Å². The summed E-state index contributed by atoms with van der Waals surface area (Å²) in [6.45, 7) is 0.713. The first-order valence-electron chi connectivity index (χ1n) is 5.11. The Bertz CT molecular complexity index is 499. The number of aromatic nitrogens is 1. The second-order valence-electron chi connectivity index (χ2n) is 3.46. The lowest BCUT2D eigenvalue weighted by atomic mass is 10.2. The molecule has 0 saturated heterocycles. The molecule has 5 nitrogen and oxygen atoms in total. The molecule has 17 heavy (non-hydrogen) atoms. The molecule has 0 amide bonds. The molecule has 2 aromatic heterocycles. The van der Waals surface area contributed by atoms with Gasteiger partial charge >= 0.3 is 0 Å². The fourth-order valence-electron chi connectivity index (χ4n) is 1.40. The molecule has 88 valence electrons. The molecule has 0 aliphatic rings. The summed E-state index contributed by atoms with van der Waals surface area (Å²) in [5, 5.41) is 17.7. The van der Waals surface area contributed by atoms with Gasteiger partial charge in [-0.3, -0.25) is 10.1 Å². The SMILES string of the molecule is O=[N+]([O-])c1ccnc(NCCc2ccsc2)c1. The standard InChI is InChI=1S/C11H11N3O2S/c15-14(16)10-2-5-13-11(7-10)12-4-1-9-3-6-17-8-9/h2-3,5-8H,1,4H2,(H,12,13). The molecule has 2 heterocycles. The second kappa shape index (κ2) is 5.40. The number of nitrogens with zero attached hydrogens (tertiary/aromatic N) is 2. The van der Waals surface area contributed by atoms with Crippen LogP contribution in [-0.2, 0) is 6.42 Å². The summed E-state index contributed by atoms with van der Waals surface area (Å²) >= 11 is 1.66. The van der Waals surface area contributed by atoms with Crippen LogP contribution in [0.2, 0.25) is 0 Å². The molecule has 0 spiro atoms. The topological polar surface area (TPSA) is 68.1 Å². The molecule has 0 saturated carbocycles. The van der Waals surface area contributed by atoms with Gasteiger partial charge in [0.05, 0.1) is 11.0 Å². The second-order valence-corrected chi connectivity index (χ2v) is 4.24. The van der Waals surface area contributed by atoms with Gasteiger partial charge in [-0.15, -0.1) is 0 Å². The quantitative estimate of drug-likeness (QED) is 0.653. The maximum atomic E-state index is 10.6. The van der Waals surface area contributed by atoms with Crippen LogP contribution in [0.3, 0.4) is 0 Å². The van der Waals surface area contributed by atoms with Gasteiger partial charge in [-0.05, 0) is 28.8 Å². The van der Waals surface area contributed by atoms with E-state index in [9.17, 15) is 10.1 Å². The third kappa shape index (κ3) is 3.25. The molecule has 0 aromatic carbocycles. The van der Waals surface area contributed by atoms with Crippen molar-refractivity contribution in [3.63, 3.8) is 0 Å². The molecule has 2 aromatic rings. The van der Waals surface area contributed by atoms with Crippen LogP contribution in [0, 0.1) is 10.1 Å². The van der Waals surface area contributed by atoms with E-state index in [0.717, 1.165) is 6.42 Å². The van der Waals surface area contributed by atoms with Gasteiger partial charge in [0.2, 0.25) is 0 Å². The highest BCUT2D eigenvalue weighted by atomic mass is 32.1. The highest BCUT2D eigenvalue weighted by Gasteiger charge is 2.05. The van der Waals surface area contributed by atoms with Crippen molar-refractivity contribution in [1.82, 2.24) is 4.98 Å². The summed E-state index contributed by atoms with van der Waals surface area (Å²) in [6.07, 6.45) is 2.32. The number of nitro groups is 1. The minimum absolute atomic E-state index is 0.0537. The number of hydrogen-bond acceptors (Lipinski definition) is 5. The summed E-state index contributed by atoms with van der Waals surface area (Å²) in [7, 11) is 0. The van der Waals surface area contributed by atoms with Crippen LogP contribution in [0.15, 0.2) is 35.2 Å². The van der Waals surface area contributed by atoms with Crippen LogP contribution in [0.5, 0.6) is 0 Å². The Kier molecular flexibility index (Phi) is 3.66. The van der Waals surface area contributed by atoms with E-state index in [0.29, 0.717) is 12.4 Å². The van der Waals surface area contributed by atoms with E-state index in [1.54, 1.807) is 11.3 Å². The molecule has 0 aliphatic heterocycles.